The van der Waals surface area contributed by atoms with Crippen LogP contribution in [0.4, 0.5) is 5.69 Å². The Morgan fingerprint density at radius 3 is 2.56 bits per heavy atom. The molecule has 0 radical (unpaired) electrons. The smallest absolute Gasteiger partial charge is 0.264 e. The maximum Gasteiger partial charge on any atom is 0.264 e. The van der Waals surface area contributed by atoms with Crippen LogP contribution in [-0.4, -0.2) is 39.6 Å². The van der Waals surface area contributed by atoms with Crippen LogP contribution in [0.25, 0.3) is 0 Å². The quantitative estimate of drug-likeness (QED) is 0.259. The third-order valence-electron chi connectivity index (χ3n) is 7.72. The number of anilines is 1. The Bertz CT molecular complexity index is 1440. The van der Waals surface area contributed by atoms with E-state index >= 15 is 0 Å². The number of aliphatic hydroxyl groups is 2. The number of carbonyl (C=O) groups is 2. The molecule has 6 nitrogen and oxygen atoms in total. The lowest BCUT2D eigenvalue weighted by Crippen LogP contribution is -2.46. The third-order valence-corrected chi connectivity index (χ3v) is 9.07. The number of nitrogens with zero attached hydrogens (tertiary/aromatic N) is 2. The molecule has 0 fully saturated rings. The van der Waals surface area contributed by atoms with Crippen molar-refractivity contribution < 1.29 is 19.8 Å². The molecule has 0 saturated carbocycles. The maximum atomic E-state index is 13.8. The number of halogens is 2. The van der Waals surface area contributed by atoms with E-state index in [-0.39, 0.29) is 30.9 Å². The molecule has 2 aliphatic rings. The molecule has 202 valence electrons. The van der Waals surface area contributed by atoms with Gasteiger partial charge in [0.1, 0.15) is 0 Å². The molecule has 0 bridgehead atoms. The second kappa shape index (κ2) is 11.7. The van der Waals surface area contributed by atoms with Crippen molar-refractivity contribution in [3.05, 3.63) is 108 Å². The fourth-order valence-corrected chi connectivity index (χ4v) is 6.66. The van der Waals surface area contributed by atoms with Crippen molar-refractivity contribution in [1.82, 2.24) is 4.90 Å². The highest BCUT2D eigenvalue weighted by Gasteiger charge is 2.52. The van der Waals surface area contributed by atoms with Crippen molar-refractivity contribution in [2.45, 2.75) is 44.5 Å². The van der Waals surface area contributed by atoms with Gasteiger partial charge < -0.3 is 20.0 Å². The van der Waals surface area contributed by atoms with Crippen molar-refractivity contribution in [3.8, 4) is 0 Å². The minimum atomic E-state index is -1.74. The number of rotatable bonds is 7. The van der Waals surface area contributed by atoms with Gasteiger partial charge in [0.2, 0.25) is 5.91 Å². The number of benzene rings is 3. The number of carbonyl (C=O) groups excluding carboxylic acids is 2. The summed E-state index contributed by atoms with van der Waals surface area (Å²) in [4.78, 5) is 30.4. The van der Waals surface area contributed by atoms with Crippen LogP contribution in [-0.2, 0) is 34.7 Å². The van der Waals surface area contributed by atoms with Gasteiger partial charge in [0.05, 0.1) is 24.9 Å². The van der Waals surface area contributed by atoms with E-state index in [1.54, 1.807) is 22.0 Å². The molecule has 3 atom stereocenters. The van der Waals surface area contributed by atoms with Crippen LogP contribution in [0.5, 0.6) is 0 Å². The summed E-state index contributed by atoms with van der Waals surface area (Å²) in [6.45, 7) is 2.54. The largest absolute Gasteiger partial charge is 0.394 e. The Morgan fingerprint density at radius 2 is 1.82 bits per heavy atom. The summed E-state index contributed by atoms with van der Waals surface area (Å²) in [6.07, 6.45) is 4.25. The van der Waals surface area contributed by atoms with E-state index in [1.807, 2.05) is 73.7 Å². The normalized spacial score (nSPS) is 21.3. The lowest BCUT2D eigenvalue weighted by atomic mass is 9.83. The molecule has 39 heavy (non-hydrogen) atoms. The van der Waals surface area contributed by atoms with Crippen LogP contribution in [0.3, 0.4) is 0 Å². The fourth-order valence-electron chi connectivity index (χ4n) is 5.57. The van der Waals surface area contributed by atoms with Gasteiger partial charge >= 0.3 is 0 Å². The van der Waals surface area contributed by atoms with Crippen LogP contribution in [0.15, 0.2) is 78.9 Å². The van der Waals surface area contributed by atoms with E-state index in [2.05, 4.69) is 45.2 Å². The Labute approximate surface area is 256 Å². The van der Waals surface area contributed by atoms with Gasteiger partial charge in [0, 0.05) is 31.6 Å². The van der Waals surface area contributed by atoms with Gasteiger partial charge in [-0.2, -0.15) is 0 Å². The molecule has 2 amide bonds. The predicted octanol–water partition coefficient (Wildman–Crippen LogP) is 5.16. The Hall–Kier alpha value is -2.28. The first kappa shape index (κ1) is 28.3. The SMILES string of the molecule is C[C@@H](/C=C/CC(=O)N1Cc2ccccc2C[C@H]1CO)[C@]1(O)C(=O)N(Cc2cccc(I)c2)c2ccc(I)cc21. The molecular formula is C31H30I2N2O4. The van der Waals surface area contributed by atoms with Crippen LogP contribution in [0, 0.1) is 13.1 Å². The monoisotopic (exact) mass is 748 g/mol. The number of hydrogen-bond acceptors (Lipinski definition) is 4. The van der Waals surface area contributed by atoms with Crippen molar-refractivity contribution in [3.63, 3.8) is 0 Å². The molecule has 3 aromatic carbocycles. The van der Waals surface area contributed by atoms with Crippen molar-refractivity contribution in [2.24, 2.45) is 5.92 Å². The number of aliphatic hydroxyl groups excluding tert-OH is 1. The maximum absolute atomic E-state index is 13.8. The summed E-state index contributed by atoms with van der Waals surface area (Å²) >= 11 is 4.44. The molecule has 2 aliphatic heterocycles. The lowest BCUT2D eigenvalue weighted by Gasteiger charge is -2.36. The molecule has 8 heteroatoms. The molecule has 2 heterocycles. The van der Waals surface area contributed by atoms with Gasteiger partial charge in [-0.15, -0.1) is 0 Å². The van der Waals surface area contributed by atoms with Gasteiger partial charge in [0.25, 0.3) is 5.91 Å². The van der Waals surface area contributed by atoms with E-state index in [0.29, 0.717) is 30.8 Å². The van der Waals surface area contributed by atoms with Gasteiger partial charge in [-0.25, -0.2) is 0 Å². The molecule has 3 aromatic rings. The van der Waals surface area contributed by atoms with Crippen LogP contribution < -0.4 is 4.90 Å². The molecule has 0 aliphatic carbocycles. The second-order valence-corrected chi connectivity index (χ2v) is 12.7. The highest BCUT2D eigenvalue weighted by molar-refractivity contribution is 14.1. The minimum absolute atomic E-state index is 0.0907. The van der Waals surface area contributed by atoms with Crippen LogP contribution >= 0.6 is 45.2 Å². The van der Waals surface area contributed by atoms with Crippen molar-refractivity contribution >= 4 is 62.7 Å². The Morgan fingerprint density at radius 1 is 1.08 bits per heavy atom. The highest BCUT2D eigenvalue weighted by atomic mass is 127. The molecule has 0 saturated heterocycles. The van der Waals surface area contributed by atoms with Gasteiger partial charge in [-0.05, 0) is 98.6 Å². The predicted molar refractivity (Wildman–Crippen MR) is 168 cm³/mol. The topological polar surface area (TPSA) is 81.1 Å². The molecule has 0 spiro atoms. The van der Waals surface area contributed by atoms with E-state index in [4.69, 9.17) is 0 Å². The first-order valence-electron chi connectivity index (χ1n) is 12.9. The average molecular weight is 748 g/mol. The van der Waals surface area contributed by atoms with Crippen LogP contribution in [0.2, 0.25) is 0 Å². The first-order chi connectivity index (χ1) is 18.7. The first-order valence-corrected chi connectivity index (χ1v) is 15.1. The summed E-state index contributed by atoms with van der Waals surface area (Å²) in [5.41, 5.74) is 2.79. The number of hydrogen-bond donors (Lipinski definition) is 2. The minimum Gasteiger partial charge on any atom is -0.394 e. The lowest BCUT2D eigenvalue weighted by molar-refractivity contribution is -0.139. The Balaban J connectivity index is 1.35. The highest BCUT2D eigenvalue weighted by Crippen LogP contribution is 2.46. The Kier molecular flexibility index (Phi) is 8.46. The zero-order chi connectivity index (χ0) is 27.7. The van der Waals surface area contributed by atoms with E-state index < -0.39 is 11.5 Å². The molecule has 2 N–H and O–H groups in total. The van der Waals surface area contributed by atoms with E-state index in [0.717, 1.165) is 23.8 Å². The van der Waals surface area contributed by atoms with E-state index in [1.165, 1.54) is 0 Å². The zero-order valence-electron chi connectivity index (χ0n) is 21.6. The average Bonchev–Trinajstić information content (AvgIpc) is 3.14. The van der Waals surface area contributed by atoms with Gasteiger partial charge in [0.15, 0.2) is 5.60 Å². The van der Waals surface area contributed by atoms with E-state index in [9.17, 15) is 19.8 Å². The summed E-state index contributed by atoms with van der Waals surface area (Å²) < 4.78 is 2.01. The molecule has 0 aromatic heterocycles. The van der Waals surface area contributed by atoms with Crippen LogP contribution in [0.1, 0.15) is 35.6 Å². The summed E-state index contributed by atoms with van der Waals surface area (Å²) in [5.74, 6) is -1.02. The summed E-state index contributed by atoms with van der Waals surface area (Å²) in [6, 6.07) is 21.4. The number of fused-ring (bicyclic) bond motifs is 2. The summed E-state index contributed by atoms with van der Waals surface area (Å²) in [5, 5.41) is 21.9. The third kappa shape index (κ3) is 5.53. The standard InChI is InChI=1S/C31H30I2N2O4/c1-20(6-4-11-29(37)34-18-23-9-3-2-8-22(23)15-26(34)19-36)31(39)27-16-25(33)12-13-28(27)35(30(31)38)17-21-7-5-10-24(32)14-21/h2-10,12-14,16,20,26,36,39H,11,15,17-19H2,1H3/b6-4+/t20-,26-,31+/m0/s1. The van der Waals surface area contributed by atoms with Gasteiger partial charge in [-0.3, -0.25) is 9.59 Å². The zero-order valence-corrected chi connectivity index (χ0v) is 25.9. The van der Waals surface area contributed by atoms with Gasteiger partial charge in [-0.1, -0.05) is 55.5 Å². The number of amides is 2. The van der Waals surface area contributed by atoms with Crippen molar-refractivity contribution in [1.29, 1.82) is 0 Å². The molecule has 0 unspecified atom stereocenters. The van der Waals surface area contributed by atoms with Crippen molar-refractivity contribution in [2.75, 3.05) is 11.5 Å². The second-order valence-electron chi connectivity index (χ2n) is 10.2. The summed E-state index contributed by atoms with van der Waals surface area (Å²) in [7, 11) is 0. The molecule has 5 rings (SSSR count). The fraction of sp³-hybridized carbons (Fsp3) is 0.290. The molecular weight excluding hydrogens is 718 g/mol.